The molecule has 2 N–H and O–H groups in total. The molecule has 0 saturated heterocycles. The summed E-state index contributed by atoms with van der Waals surface area (Å²) in [5.41, 5.74) is 9.93. The lowest BCUT2D eigenvalue weighted by Crippen LogP contribution is -2.24. The summed E-state index contributed by atoms with van der Waals surface area (Å²) >= 11 is 0. The fourth-order valence-corrected chi connectivity index (χ4v) is 1.93. The van der Waals surface area contributed by atoms with Crippen LogP contribution in [0.15, 0.2) is 12.1 Å². The molecule has 4 heteroatoms. The molecule has 0 amide bonds. The lowest BCUT2D eigenvalue weighted by atomic mass is 9.94. The maximum Gasteiger partial charge on any atom is 0.327 e. The Hall–Kier alpha value is -1.06. The summed E-state index contributed by atoms with van der Waals surface area (Å²) in [6.45, 7) is 5.93. The molecule has 0 fully saturated rings. The third-order valence-corrected chi connectivity index (χ3v) is 2.50. The first-order valence-electron chi connectivity index (χ1n) is 4.88. The van der Waals surface area contributed by atoms with Crippen LogP contribution < -0.4 is 5.73 Å². The minimum absolute atomic E-state index is 0. The van der Waals surface area contributed by atoms with Crippen LogP contribution in [-0.4, -0.2) is 13.1 Å². The Labute approximate surface area is 102 Å². The summed E-state index contributed by atoms with van der Waals surface area (Å²) in [5, 5.41) is 0. The van der Waals surface area contributed by atoms with E-state index < -0.39 is 12.0 Å². The molecule has 0 heterocycles. The lowest BCUT2D eigenvalue weighted by molar-refractivity contribution is -0.142. The molecule has 1 aromatic rings. The van der Waals surface area contributed by atoms with Gasteiger partial charge in [-0.1, -0.05) is 17.7 Å². The highest BCUT2D eigenvalue weighted by atomic mass is 35.5. The van der Waals surface area contributed by atoms with Crippen LogP contribution in [0, 0.1) is 20.8 Å². The van der Waals surface area contributed by atoms with E-state index in [1.54, 1.807) is 0 Å². The van der Waals surface area contributed by atoms with Crippen LogP contribution >= 0.6 is 12.4 Å². The Bertz CT molecular complexity index is 368. The summed E-state index contributed by atoms with van der Waals surface area (Å²) < 4.78 is 4.64. The van der Waals surface area contributed by atoms with Crippen LogP contribution in [-0.2, 0) is 9.53 Å². The maximum absolute atomic E-state index is 11.4. The molecule has 1 unspecified atom stereocenters. The number of hydrogen-bond acceptors (Lipinski definition) is 3. The van der Waals surface area contributed by atoms with Crippen molar-refractivity contribution >= 4 is 18.4 Å². The van der Waals surface area contributed by atoms with Crippen molar-refractivity contribution in [3.63, 3.8) is 0 Å². The van der Waals surface area contributed by atoms with Crippen LogP contribution in [0.3, 0.4) is 0 Å². The van der Waals surface area contributed by atoms with Crippen molar-refractivity contribution in [3.05, 3.63) is 34.4 Å². The van der Waals surface area contributed by atoms with E-state index in [9.17, 15) is 4.79 Å². The molecular formula is C12H18ClNO2. The van der Waals surface area contributed by atoms with Gasteiger partial charge in [-0.05, 0) is 37.5 Å². The van der Waals surface area contributed by atoms with Gasteiger partial charge in [-0.25, -0.2) is 0 Å². The second-order valence-electron chi connectivity index (χ2n) is 3.81. The molecule has 0 aliphatic rings. The van der Waals surface area contributed by atoms with E-state index in [0.29, 0.717) is 0 Å². The summed E-state index contributed by atoms with van der Waals surface area (Å²) in [6.07, 6.45) is 0. The van der Waals surface area contributed by atoms with Gasteiger partial charge in [-0.2, -0.15) is 0 Å². The Morgan fingerprint density at radius 2 is 1.69 bits per heavy atom. The number of carbonyl (C=O) groups excluding carboxylic acids is 1. The minimum atomic E-state index is -0.685. The van der Waals surface area contributed by atoms with Gasteiger partial charge < -0.3 is 10.5 Å². The highest BCUT2D eigenvalue weighted by Gasteiger charge is 2.20. The van der Waals surface area contributed by atoms with Crippen LogP contribution in [0.25, 0.3) is 0 Å². The van der Waals surface area contributed by atoms with Crippen LogP contribution in [0.1, 0.15) is 28.3 Å². The zero-order valence-corrected chi connectivity index (χ0v) is 10.9. The second kappa shape index (κ2) is 5.87. The van der Waals surface area contributed by atoms with Crippen molar-refractivity contribution < 1.29 is 9.53 Å². The van der Waals surface area contributed by atoms with Gasteiger partial charge in [0.1, 0.15) is 6.04 Å². The fraction of sp³-hybridized carbons (Fsp3) is 0.417. The van der Waals surface area contributed by atoms with Crippen LogP contribution in [0.2, 0.25) is 0 Å². The van der Waals surface area contributed by atoms with E-state index >= 15 is 0 Å². The SMILES string of the molecule is COC(=O)C(N)c1c(C)cc(C)cc1C.Cl. The van der Waals surface area contributed by atoms with Gasteiger partial charge in [0, 0.05) is 0 Å². The Balaban J connectivity index is 0.00000225. The molecule has 3 nitrogen and oxygen atoms in total. The first-order chi connectivity index (χ1) is 6.97. The molecule has 0 bridgehead atoms. The number of halogens is 1. The van der Waals surface area contributed by atoms with E-state index in [2.05, 4.69) is 4.74 Å². The highest BCUT2D eigenvalue weighted by molar-refractivity contribution is 5.85. The molecule has 0 saturated carbocycles. The summed E-state index contributed by atoms with van der Waals surface area (Å²) in [4.78, 5) is 11.4. The summed E-state index contributed by atoms with van der Waals surface area (Å²) in [7, 11) is 1.35. The standard InChI is InChI=1S/C12H17NO2.ClH/c1-7-5-8(2)10(9(3)6-7)11(13)12(14)15-4;/h5-6,11H,13H2,1-4H3;1H. The number of benzene rings is 1. The number of esters is 1. The maximum atomic E-state index is 11.4. The predicted octanol–water partition coefficient (Wildman–Crippen LogP) is 2.21. The Morgan fingerprint density at radius 1 is 1.25 bits per heavy atom. The fourth-order valence-electron chi connectivity index (χ4n) is 1.93. The van der Waals surface area contributed by atoms with Crippen LogP contribution in [0.4, 0.5) is 0 Å². The molecule has 0 aliphatic carbocycles. The molecular weight excluding hydrogens is 226 g/mol. The molecule has 0 spiro atoms. The van der Waals surface area contributed by atoms with Gasteiger partial charge in [0.15, 0.2) is 0 Å². The average Bonchev–Trinajstić information content (AvgIpc) is 2.14. The molecule has 1 atom stereocenters. The van der Waals surface area contributed by atoms with Crippen molar-refractivity contribution in [2.75, 3.05) is 7.11 Å². The monoisotopic (exact) mass is 243 g/mol. The predicted molar refractivity (Wildman–Crippen MR) is 66.8 cm³/mol. The van der Waals surface area contributed by atoms with Gasteiger partial charge in [-0.3, -0.25) is 4.79 Å². The number of nitrogens with two attached hydrogens (primary N) is 1. The smallest absolute Gasteiger partial charge is 0.327 e. The minimum Gasteiger partial charge on any atom is -0.468 e. The second-order valence-corrected chi connectivity index (χ2v) is 3.81. The normalized spacial score (nSPS) is 11.6. The lowest BCUT2D eigenvalue weighted by Gasteiger charge is -2.16. The van der Waals surface area contributed by atoms with Gasteiger partial charge in [0.25, 0.3) is 0 Å². The molecule has 0 radical (unpaired) electrons. The number of methoxy groups -OCH3 is 1. The number of hydrogen-bond donors (Lipinski definition) is 1. The molecule has 1 rings (SSSR count). The first-order valence-corrected chi connectivity index (χ1v) is 4.88. The Kier molecular flexibility index (Phi) is 5.48. The number of aryl methyl sites for hydroxylation is 3. The summed E-state index contributed by atoms with van der Waals surface area (Å²) in [5.74, 6) is -0.398. The van der Waals surface area contributed by atoms with Crippen LogP contribution in [0.5, 0.6) is 0 Å². The van der Waals surface area contributed by atoms with E-state index in [4.69, 9.17) is 5.73 Å². The first kappa shape index (κ1) is 14.9. The van der Waals surface area contributed by atoms with Crippen molar-refractivity contribution in [1.29, 1.82) is 0 Å². The van der Waals surface area contributed by atoms with E-state index in [-0.39, 0.29) is 12.4 Å². The Morgan fingerprint density at radius 3 is 2.06 bits per heavy atom. The van der Waals surface area contributed by atoms with Gasteiger partial charge in [-0.15, -0.1) is 12.4 Å². The number of ether oxygens (including phenoxy) is 1. The molecule has 16 heavy (non-hydrogen) atoms. The van der Waals surface area contributed by atoms with E-state index in [1.807, 2.05) is 32.9 Å². The number of rotatable bonds is 2. The van der Waals surface area contributed by atoms with Gasteiger partial charge in [0.05, 0.1) is 7.11 Å². The number of carbonyl (C=O) groups is 1. The quantitative estimate of drug-likeness (QED) is 0.811. The van der Waals surface area contributed by atoms with Crippen molar-refractivity contribution in [3.8, 4) is 0 Å². The average molecular weight is 244 g/mol. The third-order valence-electron chi connectivity index (χ3n) is 2.50. The van der Waals surface area contributed by atoms with Crippen molar-refractivity contribution in [1.82, 2.24) is 0 Å². The molecule has 0 aromatic heterocycles. The van der Waals surface area contributed by atoms with E-state index in [1.165, 1.54) is 12.7 Å². The largest absolute Gasteiger partial charge is 0.468 e. The van der Waals surface area contributed by atoms with Gasteiger partial charge >= 0.3 is 5.97 Å². The zero-order chi connectivity index (χ0) is 11.6. The van der Waals surface area contributed by atoms with Crippen molar-refractivity contribution in [2.24, 2.45) is 5.73 Å². The molecule has 90 valence electrons. The highest BCUT2D eigenvalue weighted by Crippen LogP contribution is 2.22. The summed E-state index contributed by atoms with van der Waals surface area (Å²) in [6, 6.07) is 3.35. The molecule has 1 aromatic carbocycles. The van der Waals surface area contributed by atoms with Crippen molar-refractivity contribution in [2.45, 2.75) is 26.8 Å². The zero-order valence-electron chi connectivity index (χ0n) is 10.0. The topological polar surface area (TPSA) is 52.3 Å². The van der Waals surface area contributed by atoms with Gasteiger partial charge in [0.2, 0.25) is 0 Å². The third kappa shape index (κ3) is 2.97. The van der Waals surface area contributed by atoms with E-state index in [0.717, 1.165) is 16.7 Å². The molecule has 0 aliphatic heterocycles.